The number of allylic oxidation sites excluding steroid dienone is 1. The Bertz CT molecular complexity index is 1140. The number of hydrogen-bond donors (Lipinski definition) is 1. The molecule has 0 amide bonds. The molecule has 0 atom stereocenters. The van der Waals surface area contributed by atoms with E-state index in [2.05, 4.69) is 23.8 Å². The number of thiazole rings is 1. The van der Waals surface area contributed by atoms with E-state index in [9.17, 15) is 9.50 Å². The Balaban J connectivity index is 1.82. The Kier molecular flexibility index (Phi) is 4.96. The Morgan fingerprint density at radius 3 is 2.68 bits per heavy atom. The second-order valence-electron chi connectivity index (χ2n) is 7.04. The fourth-order valence-corrected chi connectivity index (χ4v) is 4.06. The molecule has 0 fully saturated rings. The van der Waals surface area contributed by atoms with Gasteiger partial charge in [-0.25, -0.2) is 9.38 Å². The van der Waals surface area contributed by atoms with E-state index in [1.165, 1.54) is 23.5 Å². The van der Waals surface area contributed by atoms with E-state index < -0.39 is 0 Å². The summed E-state index contributed by atoms with van der Waals surface area (Å²) in [6.07, 6.45) is 3.75. The fourth-order valence-electron chi connectivity index (χ4n) is 3.05. The molecule has 1 N–H and O–H groups in total. The third-order valence-corrected chi connectivity index (χ3v) is 5.37. The average molecular weight is 393 g/mol. The number of hydrogen-bond acceptors (Lipinski definition) is 4. The molecule has 0 aliphatic carbocycles. The first kappa shape index (κ1) is 18.4. The molecule has 1 aliphatic heterocycles. The summed E-state index contributed by atoms with van der Waals surface area (Å²) in [6, 6.07) is 13.9. The molecular formula is C22H20FN3OS. The van der Waals surface area contributed by atoms with Gasteiger partial charge in [0.1, 0.15) is 5.82 Å². The van der Waals surface area contributed by atoms with Crippen LogP contribution in [0.25, 0.3) is 11.6 Å². The van der Waals surface area contributed by atoms with Gasteiger partial charge in [-0.15, -0.1) is 0 Å². The van der Waals surface area contributed by atoms with Crippen molar-refractivity contribution in [2.45, 2.75) is 20.4 Å². The Hall–Kier alpha value is -2.99. The van der Waals surface area contributed by atoms with Crippen LogP contribution >= 0.6 is 11.3 Å². The van der Waals surface area contributed by atoms with Crippen molar-refractivity contribution >= 4 is 40.6 Å². The highest BCUT2D eigenvalue weighted by Gasteiger charge is 2.16. The maximum atomic E-state index is 13.2. The number of para-hydroxylation sites is 1. The summed E-state index contributed by atoms with van der Waals surface area (Å²) < 4.78 is 15.0. The van der Waals surface area contributed by atoms with E-state index in [1.807, 2.05) is 41.1 Å². The highest BCUT2D eigenvalue weighted by molar-refractivity contribution is 7.10. The van der Waals surface area contributed by atoms with E-state index in [0.717, 1.165) is 21.7 Å². The van der Waals surface area contributed by atoms with Crippen LogP contribution < -0.4 is 4.80 Å². The molecule has 1 aliphatic rings. The van der Waals surface area contributed by atoms with Crippen molar-refractivity contribution in [3.05, 3.63) is 69.6 Å². The predicted molar refractivity (Wildman–Crippen MR) is 113 cm³/mol. The van der Waals surface area contributed by atoms with Crippen LogP contribution in [0.15, 0.2) is 58.5 Å². The van der Waals surface area contributed by atoms with Gasteiger partial charge in [-0.2, -0.15) is 0 Å². The zero-order valence-electron chi connectivity index (χ0n) is 15.6. The smallest absolute Gasteiger partial charge is 0.211 e. The van der Waals surface area contributed by atoms with Crippen LogP contribution in [0.1, 0.15) is 24.3 Å². The maximum Gasteiger partial charge on any atom is 0.211 e. The lowest BCUT2D eigenvalue weighted by Gasteiger charge is -2.08. The van der Waals surface area contributed by atoms with Crippen LogP contribution in [0.3, 0.4) is 0 Å². The number of benzene rings is 2. The van der Waals surface area contributed by atoms with Crippen molar-refractivity contribution in [2.75, 3.05) is 0 Å². The number of aromatic hydroxyl groups is 1. The SMILES string of the molecule is CC(C)Cn1c(O)c(/C=C2\C=Nc3ccccc32)sc1=Nc1ccc(F)cc1. The summed E-state index contributed by atoms with van der Waals surface area (Å²) >= 11 is 1.40. The van der Waals surface area contributed by atoms with Crippen LogP contribution in [0.5, 0.6) is 5.88 Å². The number of aliphatic imine (C=N–C) groups is 1. The maximum absolute atomic E-state index is 13.2. The first-order valence-electron chi connectivity index (χ1n) is 9.09. The third-order valence-electron chi connectivity index (χ3n) is 4.35. The summed E-state index contributed by atoms with van der Waals surface area (Å²) in [5.74, 6) is 0.222. The van der Waals surface area contributed by atoms with Gasteiger partial charge in [-0.05, 0) is 42.3 Å². The summed E-state index contributed by atoms with van der Waals surface area (Å²) in [5, 5.41) is 10.9. The molecule has 4 nitrogen and oxygen atoms in total. The quantitative estimate of drug-likeness (QED) is 0.622. The molecule has 2 heterocycles. The van der Waals surface area contributed by atoms with Gasteiger partial charge in [0.15, 0.2) is 4.80 Å². The molecule has 2 aromatic carbocycles. The molecule has 0 unspecified atom stereocenters. The molecule has 28 heavy (non-hydrogen) atoms. The fraction of sp³-hybridized carbons (Fsp3) is 0.182. The predicted octanol–water partition coefficient (Wildman–Crippen LogP) is 5.54. The van der Waals surface area contributed by atoms with Gasteiger partial charge in [-0.1, -0.05) is 43.4 Å². The Morgan fingerprint density at radius 1 is 1.18 bits per heavy atom. The highest BCUT2D eigenvalue weighted by Crippen LogP contribution is 2.34. The first-order valence-corrected chi connectivity index (χ1v) is 9.91. The summed E-state index contributed by atoms with van der Waals surface area (Å²) in [5.41, 5.74) is 3.57. The standard InChI is InChI=1S/C22H20FN3OS/c1-14(2)13-26-21(27)20(11-15-12-24-19-6-4-3-5-18(15)19)28-22(26)25-17-9-7-16(23)8-10-17/h3-12,14,27H,13H2,1-2H3/b15-11+,25-22?. The Labute approximate surface area is 166 Å². The van der Waals surface area contributed by atoms with Crippen molar-refractivity contribution in [1.29, 1.82) is 0 Å². The number of nitrogens with zero attached hydrogens (tertiary/aromatic N) is 3. The molecule has 0 spiro atoms. The van der Waals surface area contributed by atoms with Crippen molar-refractivity contribution in [3.8, 4) is 5.88 Å². The minimum Gasteiger partial charge on any atom is -0.493 e. The van der Waals surface area contributed by atoms with Gasteiger partial charge in [0.25, 0.3) is 0 Å². The minimum absolute atomic E-state index is 0.185. The molecule has 6 heteroatoms. The van der Waals surface area contributed by atoms with Gasteiger partial charge in [0.05, 0.1) is 16.3 Å². The number of aromatic nitrogens is 1. The van der Waals surface area contributed by atoms with Gasteiger partial charge in [-0.3, -0.25) is 9.56 Å². The normalized spacial score (nSPS) is 15.0. The topological polar surface area (TPSA) is 49.9 Å². The number of halogens is 1. The summed E-state index contributed by atoms with van der Waals surface area (Å²) in [7, 11) is 0. The van der Waals surface area contributed by atoms with Crippen LogP contribution in [-0.2, 0) is 6.54 Å². The highest BCUT2D eigenvalue weighted by atomic mass is 32.1. The third kappa shape index (κ3) is 3.68. The van der Waals surface area contributed by atoms with Gasteiger partial charge >= 0.3 is 0 Å². The molecule has 0 saturated heterocycles. The summed E-state index contributed by atoms with van der Waals surface area (Å²) in [4.78, 5) is 10.4. The van der Waals surface area contributed by atoms with Crippen LogP contribution in [0.2, 0.25) is 0 Å². The van der Waals surface area contributed by atoms with Gasteiger partial charge in [0, 0.05) is 23.9 Å². The zero-order valence-corrected chi connectivity index (χ0v) is 16.4. The van der Waals surface area contributed by atoms with Crippen LogP contribution in [-0.4, -0.2) is 15.9 Å². The largest absolute Gasteiger partial charge is 0.493 e. The molecule has 0 radical (unpaired) electrons. The zero-order chi connectivity index (χ0) is 19.7. The lowest BCUT2D eigenvalue weighted by Crippen LogP contribution is -2.17. The lowest BCUT2D eigenvalue weighted by atomic mass is 10.1. The van der Waals surface area contributed by atoms with Crippen molar-refractivity contribution in [2.24, 2.45) is 15.9 Å². The van der Waals surface area contributed by atoms with Crippen molar-refractivity contribution in [1.82, 2.24) is 4.57 Å². The monoisotopic (exact) mass is 393 g/mol. The minimum atomic E-state index is -0.298. The van der Waals surface area contributed by atoms with E-state index in [0.29, 0.717) is 23.0 Å². The number of fused-ring (bicyclic) bond motifs is 1. The molecule has 1 aromatic heterocycles. The van der Waals surface area contributed by atoms with Crippen molar-refractivity contribution < 1.29 is 9.50 Å². The molecule has 3 aromatic rings. The van der Waals surface area contributed by atoms with E-state index >= 15 is 0 Å². The van der Waals surface area contributed by atoms with E-state index in [-0.39, 0.29) is 11.7 Å². The van der Waals surface area contributed by atoms with E-state index in [1.54, 1.807) is 12.1 Å². The molecule has 0 bridgehead atoms. The molecule has 4 rings (SSSR count). The second kappa shape index (κ2) is 7.56. The molecular weight excluding hydrogens is 373 g/mol. The van der Waals surface area contributed by atoms with Crippen molar-refractivity contribution in [3.63, 3.8) is 0 Å². The van der Waals surface area contributed by atoms with Crippen LogP contribution in [0, 0.1) is 11.7 Å². The van der Waals surface area contributed by atoms with Gasteiger partial charge < -0.3 is 5.11 Å². The Morgan fingerprint density at radius 2 is 1.93 bits per heavy atom. The van der Waals surface area contributed by atoms with E-state index in [4.69, 9.17) is 0 Å². The second-order valence-corrected chi connectivity index (χ2v) is 8.05. The molecule has 142 valence electrons. The first-order chi connectivity index (χ1) is 13.5. The summed E-state index contributed by atoms with van der Waals surface area (Å²) in [6.45, 7) is 4.81. The van der Waals surface area contributed by atoms with Gasteiger partial charge in [0.2, 0.25) is 5.88 Å². The number of rotatable bonds is 4. The average Bonchev–Trinajstić information content (AvgIpc) is 3.20. The molecule has 0 saturated carbocycles. The lowest BCUT2D eigenvalue weighted by molar-refractivity contribution is 0.387. The van der Waals surface area contributed by atoms with Crippen LogP contribution in [0.4, 0.5) is 15.8 Å².